The predicted octanol–water partition coefficient (Wildman–Crippen LogP) is 4.80. The van der Waals surface area contributed by atoms with Crippen LogP contribution in [0, 0.1) is 6.92 Å². The van der Waals surface area contributed by atoms with E-state index in [-0.39, 0.29) is 0 Å². The molecule has 1 fully saturated rings. The average molecular weight is 1410 g/mol. The van der Waals surface area contributed by atoms with Gasteiger partial charge < -0.3 is 0 Å². The topological polar surface area (TPSA) is 0 Å². The quantitative estimate of drug-likeness (QED) is 0.367. The molecule has 2 atom stereocenters. The summed E-state index contributed by atoms with van der Waals surface area (Å²) in [6.45, 7) is 2.25. The minimum atomic E-state index is 0.834. The molecular formula is C12H12Br2S34. The molecule has 1 aromatic carbocycles. The Morgan fingerprint density at radius 1 is 0.438 bits per heavy atom. The van der Waals surface area contributed by atoms with Gasteiger partial charge in [-0.05, 0) is 92.6 Å². The van der Waals surface area contributed by atoms with Crippen LogP contribution in [0.5, 0.6) is 0 Å². The summed E-state index contributed by atoms with van der Waals surface area (Å²) in [5.74, 6) is 1.69. The number of aryl methyl sites for hydroxylation is 1. The lowest BCUT2D eigenvalue weighted by molar-refractivity contribution is 0.710. The lowest BCUT2D eigenvalue weighted by Crippen LogP contribution is -2.02. The second kappa shape index (κ2) is 37.6. The van der Waals surface area contributed by atoms with Crippen LogP contribution in [-0.2, 0) is 307 Å². The van der Waals surface area contributed by atoms with Gasteiger partial charge in [0, 0.05) is 315 Å². The van der Waals surface area contributed by atoms with Gasteiger partial charge in [-0.2, -0.15) is 0 Å². The molecule has 0 saturated heterocycles. The van der Waals surface area contributed by atoms with Gasteiger partial charge in [0.15, 0.2) is 0 Å². The first kappa shape index (κ1) is 51.8. The van der Waals surface area contributed by atoms with Gasteiger partial charge in [-0.1, -0.05) is 0 Å². The van der Waals surface area contributed by atoms with Gasteiger partial charge in [-0.15, -0.1) is 0 Å². The summed E-state index contributed by atoms with van der Waals surface area (Å²) in [5.41, 5.74) is 4.73. The van der Waals surface area contributed by atoms with Crippen molar-refractivity contribution in [1.29, 1.82) is 0 Å². The summed E-state index contributed by atoms with van der Waals surface area (Å²) in [5, 5.41) is 0. The zero-order chi connectivity index (χ0) is 34.5. The number of benzene rings is 1. The van der Waals surface area contributed by atoms with E-state index in [1.165, 1.54) is 51.5 Å². The second-order valence-electron chi connectivity index (χ2n) is 6.70. The highest BCUT2D eigenvalue weighted by molar-refractivity contribution is 9.13. The summed E-state index contributed by atoms with van der Waals surface area (Å²) in [6, 6.07) is 2.25. The predicted molar refractivity (Wildman–Crippen MR) is 316 cm³/mol. The Kier molecular flexibility index (Phi) is 40.6. The third-order valence-corrected chi connectivity index (χ3v) is 75.5. The Balaban J connectivity index is 0.000000462. The molecule has 2 aliphatic carbocycles. The van der Waals surface area contributed by atoms with Crippen LogP contribution in [0.2, 0.25) is 0 Å². The zero-order valence-electron chi connectivity index (χ0n) is 22.0. The molecular weight excluding hydrogens is 1390 g/mol. The molecule has 278 valence electrons. The fourth-order valence-electron chi connectivity index (χ4n) is 3.58. The summed E-state index contributed by atoms with van der Waals surface area (Å²) in [6.07, 6.45) is 4.20. The van der Waals surface area contributed by atoms with Gasteiger partial charge in [0.25, 0.3) is 0 Å². The molecule has 3 rings (SSSR count). The summed E-state index contributed by atoms with van der Waals surface area (Å²) >= 11 is 16.9. The SMILES string of the molecule is Cc1cc(Br)c(Br)c2c1C1CCC2C1.S=S=S=S=S=S=S=S=S=S=S=S=S=S=S=S=S=S=S=S=S=S=S=S=S=S=S=S=S=S=S=S=S=S. The van der Waals surface area contributed by atoms with Crippen LogP contribution in [-0.4, -0.2) is 0 Å². The number of hydrogen-bond donors (Lipinski definition) is 0. The third kappa shape index (κ3) is 26.0. The highest BCUT2D eigenvalue weighted by Crippen LogP contribution is 2.57. The normalized spacial score (nSPS) is 13.6. The van der Waals surface area contributed by atoms with Crippen molar-refractivity contribution in [3.63, 3.8) is 0 Å². The van der Waals surface area contributed by atoms with Crippen LogP contribution in [0.4, 0.5) is 0 Å². The largest absolute Gasteiger partial charge is 0.0496 e. The molecule has 0 radical (unpaired) electrons. The van der Waals surface area contributed by atoms with Crippen LogP contribution in [0.3, 0.4) is 0 Å². The first-order valence-corrected chi connectivity index (χ1v) is 56.3. The third-order valence-electron chi connectivity index (χ3n) is 4.61. The van der Waals surface area contributed by atoms with Gasteiger partial charge in [-0.3, -0.25) is 0 Å². The lowest BCUT2D eigenvalue weighted by atomic mass is 9.89. The van der Waals surface area contributed by atoms with Crippen LogP contribution in [0.15, 0.2) is 15.0 Å². The van der Waals surface area contributed by atoms with Gasteiger partial charge >= 0.3 is 0 Å². The number of fused-ring (bicyclic) bond motifs is 5. The van der Waals surface area contributed by atoms with Crippen molar-refractivity contribution in [2.75, 3.05) is 0 Å². The van der Waals surface area contributed by atoms with Crippen LogP contribution in [0.25, 0.3) is 0 Å². The lowest BCUT2D eigenvalue weighted by Gasteiger charge is -2.20. The van der Waals surface area contributed by atoms with Gasteiger partial charge in [0.05, 0.1) is 0 Å². The maximum Gasteiger partial charge on any atom is 0.0355 e. The van der Waals surface area contributed by atoms with Crippen molar-refractivity contribution in [2.24, 2.45) is 0 Å². The smallest absolute Gasteiger partial charge is 0.0355 e. The number of halogens is 2. The highest BCUT2D eigenvalue weighted by atomic mass is 79.9. The average Bonchev–Trinajstić information content (AvgIpc) is 3.72. The van der Waals surface area contributed by atoms with E-state index in [2.05, 4.69) is 44.8 Å². The second-order valence-corrected chi connectivity index (χ2v) is 65.0. The molecule has 2 bridgehead atoms. The maximum absolute atomic E-state index is 4.79. The number of hydrogen-bond acceptors (Lipinski definition) is 2. The van der Waals surface area contributed by atoms with Gasteiger partial charge in [0.2, 0.25) is 0 Å². The molecule has 36 heteroatoms. The van der Waals surface area contributed by atoms with E-state index < -0.39 is 0 Å². The molecule has 2 aliphatic rings. The monoisotopic (exact) mass is 1400 g/mol. The first-order valence-electron chi connectivity index (χ1n) is 10.7. The van der Waals surface area contributed by atoms with Crippen LogP contribution in [0.1, 0.15) is 47.8 Å². The van der Waals surface area contributed by atoms with Gasteiger partial charge in [-0.25, -0.2) is 0 Å². The fraction of sp³-hybridized carbons (Fsp3) is 0.500. The molecule has 0 heterocycles. The van der Waals surface area contributed by atoms with Crippen molar-refractivity contribution in [1.82, 2.24) is 0 Å². The molecule has 48 heavy (non-hydrogen) atoms. The molecule has 2 unspecified atom stereocenters. The molecule has 0 amide bonds. The maximum atomic E-state index is 4.79. The Hall–Kier alpha value is 7.66. The molecule has 0 nitrogen and oxygen atoms in total. The molecule has 1 saturated carbocycles. The Morgan fingerprint density at radius 3 is 0.958 bits per heavy atom. The van der Waals surface area contributed by atoms with Crippen molar-refractivity contribution in [3.05, 3.63) is 31.7 Å². The highest BCUT2D eigenvalue weighted by Gasteiger charge is 2.39. The van der Waals surface area contributed by atoms with E-state index in [1.807, 2.05) is 160 Å². The molecule has 1 aromatic rings. The molecule has 0 N–H and O–H groups in total. The Morgan fingerprint density at radius 2 is 0.688 bits per heavy atom. The van der Waals surface area contributed by atoms with E-state index in [1.54, 1.807) is 118 Å². The van der Waals surface area contributed by atoms with Crippen molar-refractivity contribution in [2.45, 2.75) is 38.0 Å². The standard InChI is InChI=1S/C12H12Br2.S34/c1-6-4-9(13)12(14)11-8-3-2-7(5-8)10(6)11;1-3-5-7-9-11-13-15-17-19-21-23-25-27-29-31-33-34-32-30-28-26-24-22-20-18-16-14-12-10-8-6-4-2/h4,7-8H,2-3,5H2,1H3;. The van der Waals surface area contributed by atoms with E-state index in [4.69, 9.17) is 22.4 Å². The molecule has 0 aliphatic heterocycles. The summed E-state index contributed by atoms with van der Waals surface area (Å²) in [4.78, 5) is 0. The fourth-order valence-corrected chi connectivity index (χ4v) is 87.1. The number of rotatable bonds is 0. The molecule has 0 aromatic heterocycles. The van der Waals surface area contributed by atoms with E-state index in [0.717, 1.165) is 11.8 Å². The minimum absolute atomic E-state index is 0.834. The Labute approximate surface area is 398 Å². The van der Waals surface area contributed by atoms with Crippen LogP contribution >= 0.6 is 31.9 Å². The van der Waals surface area contributed by atoms with Crippen molar-refractivity contribution < 1.29 is 0 Å². The van der Waals surface area contributed by atoms with E-state index in [0.29, 0.717) is 0 Å². The van der Waals surface area contributed by atoms with Crippen LogP contribution < -0.4 is 0 Å². The first-order chi connectivity index (χ1) is 23.6. The Bertz CT molecular complexity index is 2680. The van der Waals surface area contributed by atoms with Gasteiger partial charge in [0.1, 0.15) is 0 Å². The summed E-state index contributed by atoms with van der Waals surface area (Å²) < 4.78 is 2.53. The van der Waals surface area contributed by atoms with E-state index in [9.17, 15) is 0 Å². The molecule has 0 spiro atoms. The summed E-state index contributed by atoms with van der Waals surface area (Å²) in [7, 11) is 56.4. The zero-order valence-corrected chi connectivity index (χ0v) is 52.9. The van der Waals surface area contributed by atoms with Crippen molar-refractivity contribution >= 4 is 338 Å². The minimum Gasteiger partial charge on any atom is -0.0496 e. The van der Waals surface area contributed by atoms with Crippen molar-refractivity contribution in [3.8, 4) is 0 Å². The van der Waals surface area contributed by atoms with E-state index >= 15 is 0 Å².